The van der Waals surface area contributed by atoms with E-state index in [1.54, 1.807) is 7.05 Å². The zero-order valence-electron chi connectivity index (χ0n) is 8.07. The first-order valence-corrected chi connectivity index (χ1v) is 4.59. The van der Waals surface area contributed by atoms with Gasteiger partial charge in [-0.15, -0.1) is 0 Å². The van der Waals surface area contributed by atoms with E-state index in [2.05, 4.69) is 40.9 Å². The number of hydrazone groups is 1. The summed E-state index contributed by atoms with van der Waals surface area (Å²) in [6, 6.07) is 14.6. The molecule has 0 bridgehead atoms. The summed E-state index contributed by atoms with van der Waals surface area (Å²) < 4.78 is 0. The van der Waals surface area contributed by atoms with Crippen LogP contribution in [0.3, 0.4) is 0 Å². The standard InChI is InChI=1S/C12H12N2/c1-13-14-9-10-6-7-11-4-2-3-5-12(11)8-10/h2-9,13H,1H3/b14-9+. The van der Waals surface area contributed by atoms with Crippen LogP contribution in [0, 0.1) is 0 Å². The molecule has 1 N–H and O–H groups in total. The van der Waals surface area contributed by atoms with Crippen molar-refractivity contribution < 1.29 is 0 Å². The van der Waals surface area contributed by atoms with Crippen molar-refractivity contribution in [3.8, 4) is 0 Å². The third-order valence-electron chi connectivity index (χ3n) is 2.12. The maximum Gasteiger partial charge on any atom is 0.0540 e. The molecule has 2 nitrogen and oxygen atoms in total. The van der Waals surface area contributed by atoms with Crippen molar-refractivity contribution in [2.24, 2.45) is 5.10 Å². The molecule has 0 saturated heterocycles. The van der Waals surface area contributed by atoms with E-state index in [4.69, 9.17) is 0 Å². The van der Waals surface area contributed by atoms with Crippen LogP contribution in [0.4, 0.5) is 0 Å². The van der Waals surface area contributed by atoms with E-state index in [1.165, 1.54) is 10.8 Å². The van der Waals surface area contributed by atoms with Gasteiger partial charge < -0.3 is 5.43 Å². The van der Waals surface area contributed by atoms with Crippen molar-refractivity contribution in [1.29, 1.82) is 0 Å². The van der Waals surface area contributed by atoms with Gasteiger partial charge in [0.05, 0.1) is 6.21 Å². The van der Waals surface area contributed by atoms with Gasteiger partial charge in [-0.3, -0.25) is 0 Å². The lowest BCUT2D eigenvalue weighted by atomic mass is 10.1. The number of fused-ring (bicyclic) bond motifs is 1. The SMILES string of the molecule is CN/N=C/c1ccc2ccccc2c1. The van der Waals surface area contributed by atoms with Crippen LogP contribution >= 0.6 is 0 Å². The Hall–Kier alpha value is -1.83. The maximum atomic E-state index is 3.97. The molecule has 0 aromatic heterocycles. The highest BCUT2D eigenvalue weighted by molar-refractivity contribution is 5.90. The molecule has 0 amide bonds. The van der Waals surface area contributed by atoms with Gasteiger partial charge in [-0.2, -0.15) is 5.10 Å². The van der Waals surface area contributed by atoms with E-state index >= 15 is 0 Å². The second kappa shape index (κ2) is 3.92. The van der Waals surface area contributed by atoms with E-state index in [1.807, 2.05) is 18.3 Å². The van der Waals surface area contributed by atoms with Crippen LogP contribution in [0.25, 0.3) is 10.8 Å². The van der Waals surface area contributed by atoms with Crippen LogP contribution in [0.15, 0.2) is 47.6 Å². The molecular weight excluding hydrogens is 172 g/mol. The van der Waals surface area contributed by atoms with Gasteiger partial charge in [0.2, 0.25) is 0 Å². The Bertz CT molecular complexity index is 461. The molecule has 2 aromatic rings. The van der Waals surface area contributed by atoms with Crippen molar-refractivity contribution in [3.63, 3.8) is 0 Å². The molecule has 0 aliphatic heterocycles. The van der Waals surface area contributed by atoms with Gasteiger partial charge in [0.25, 0.3) is 0 Å². The molecule has 0 aliphatic carbocycles. The highest BCUT2D eigenvalue weighted by Gasteiger charge is 1.92. The summed E-state index contributed by atoms with van der Waals surface area (Å²) >= 11 is 0. The molecule has 0 aliphatic rings. The number of nitrogens with zero attached hydrogens (tertiary/aromatic N) is 1. The second-order valence-corrected chi connectivity index (χ2v) is 3.09. The van der Waals surface area contributed by atoms with Gasteiger partial charge in [0.1, 0.15) is 0 Å². The summed E-state index contributed by atoms with van der Waals surface area (Å²) in [5.41, 5.74) is 3.84. The smallest absolute Gasteiger partial charge is 0.0540 e. The molecule has 0 unspecified atom stereocenters. The first kappa shape index (κ1) is 8.75. The van der Waals surface area contributed by atoms with E-state index in [0.717, 1.165) is 5.56 Å². The molecule has 70 valence electrons. The van der Waals surface area contributed by atoms with Crippen LogP contribution in [0.1, 0.15) is 5.56 Å². The average Bonchev–Trinajstić information content (AvgIpc) is 2.26. The summed E-state index contributed by atoms with van der Waals surface area (Å²) in [5, 5.41) is 6.48. The van der Waals surface area contributed by atoms with E-state index < -0.39 is 0 Å². The quantitative estimate of drug-likeness (QED) is 0.562. The topological polar surface area (TPSA) is 24.4 Å². The normalized spacial score (nSPS) is 10.9. The minimum Gasteiger partial charge on any atom is -0.313 e. The van der Waals surface area contributed by atoms with E-state index in [-0.39, 0.29) is 0 Å². The average molecular weight is 184 g/mol. The molecule has 14 heavy (non-hydrogen) atoms. The number of nitrogens with one attached hydrogen (secondary N) is 1. The fraction of sp³-hybridized carbons (Fsp3) is 0.0833. The molecular formula is C12H12N2. The highest BCUT2D eigenvalue weighted by atomic mass is 15.3. The lowest BCUT2D eigenvalue weighted by molar-refractivity contribution is 0.908. The Balaban J connectivity index is 2.46. The molecule has 2 rings (SSSR count). The molecule has 0 heterocycles. The van der Waals surface area contributed by atoms with Gasteiger partial charge in [-0.25, -0.2) is 0 Å². The van der Waals surface area contributed by atoms with Crippen LogP contribution < -0.4 is 5.43 Å². The van der Waals surface area contributed by atoms with Gasteiger partial charge in [-0.1, -0.05) is 36.4 Å². The van der Waals surface area contributed by atoms with E-state index in [9.17, 15) is 0 Å². The molecule has 2 heteroatoms. The van der Waals surface area contributed by atoms with Crippen molar-refractivity contribution in [2.45, 2.75) is 0 Å². The lowest BCUT2D eigenvalue weighted by Crippen LogP contribution is -1.94. The monoisotopic (exact) mass is 184 g/mol. The maximum absolute atomic E-state index is 3.97. The fourth-order valence-corrected chi connectivity index (χ4v) is 1.43. The Morgan fingerprint density at radius 3 is 2.64 bits per heavy atom. The summed E-state index contributed by atoms with van der Waals surface area (Å²) in [5.74, 6) is 0. The van der Waals surface area contributed by atoms with Crippen LogP contribution in [0.5, 0.6) is 0 Å². The third kappa shape index (κ3) is 1.74. The van der Waals surface area contributed by atoms with Gasteiger partial charge >= 0.3 is 0 Å². The molecule has 0 fully saturated rings. The zero-order valence-corrected chi connectivity index (χ0v) is 8.07. The van der Waals surface area contributed by atoms with Crippen molar-refractivity contribution >= 4 is 17.0 Å². The van der Waals surface area contributed by atoms with Crippen molar-refractivity contribution in [2.75, 3.05) is 7.05 Å². The van der Waals surface area contributed by atoms with Crippen LogP contribution in [-0.4, -0.2) is 13.3 Å². The van der Waals surface area contributed by atoms with Crippen molar-refractivity contribution in [1.82, 2.24) is 5.43 Å². The number of hydrogen-bond donors (Lipinski definition) is 1. The first-order chi connectivity index (χ1) is 6.90. The predicted octanol–water partition coefficient (Wildman–Crippen LogP) is 2.39. The molecule has 0 atom stereocenters. The lowest BCUT2D eigenvalue weighted by Gasteiger charge is -1.98. The molecule has 0 spiro atoms. The Kier molecular flexibility index (Phi) is 2.45. The molecule has 0 saturated carbocycles. The van der Waals surface area contributed by atoms with Crippen LogP contribution in [0.2, 0.25) is 0 Å². The minimum atomic E-state index is 1.11. The Labute approximate surface area is 83.3 Å². The third-order valence-corrected chi connectivity index (χ3v) is 2.12. The fourth-order valence-electron chi connectivity index (χ4n) is 1.43. The second-order valence-electron chi connectivity index (χ2n) is 3.09. The largest absolute Gasteiger partial charge is 0.313 e. The molecule has 2 aromatic carbocycles. The number of benzene rings is 2. The van der Waals surface area contributed by atoms with Gasteiger partial charge in [0.15, 0.2) is 0 Å². The summed E-state index contributed by atoms with van der Waals surface area (Å²) in [7, 11) is 1.79. The Morgan fingerprint density at radius 1 is 1.07 bits per heavy atom. The zero-order chi connectivity index (χ0) is 9.80. The molecule has 0 radical (unpaired) electrons. The summed E-state index contributed by atoms with van der Waals surface area (Å²) in [6.07, 6.45) is 1.81. The van der Waals surface area contributed by atoms with E-state index in [0.29, 0.717) is 0 Å². The van der Waals surface area contributed by atoms with Gasteiger partial charge in [-0.05, 0) is 22.4 Å². The van der Waals surface area contributed by atoms with Crippen molar-refractivity contribution in [3.05, 3.63) is 48.0 Å². The summed E-state index contributed by atoms with van der Waals surface area (Å²) in [6.45, 7) is 0. The highest BCUT2D eigenvalue weighted by Crippen LogP contribution is 2.14. The van der Waals surface area contributed by atoms with Crippen LogP contribution in [-0.2, 0) is 0 Å². The van der Waals surface area contributed by atoms with Gasteiger partial charge in [0, 0.05) is 7.05 Å². The Morgan fingerprint density at radius 2 is 1.86 bits per heavy atom. The number of hydrogen-bond acceptors (Lipinski definition) is 2. The number of rotatable bonds is 2. The predicted molar refractivity (Wildman–Crippen MR) is 60.6 cm³/mol. The minimum absolute atomic E-state index is 1.11. The summed E-state index contributed by atoms with van der Waals surface area (Å²) in [4.78, 5) is 0. The first-order valence-electron chi connectivity index (χ1n) is 4.59.